The SMILES string of the molecule is CCNC(=NCc1ccccc1F)NCC(Cc1ccc(F)cc1)C(N)=O. The number of carbonyl (C=O) groups excluding carboxylic acids is 1. The standard InChI is InChI=1S/C20H24F2N4O/c1-2-24-20(25-12-15-5-3-4-6-18(15)22)26-13-16(19(23)27)11-14-7-9-17(21)10-8-14/h3-10,16H,2,11-13H2,1H3,(H2,23,27)(H2,24,25,26). The smallest absolute Gasteiger partial charge is 0.222 e. The second kappa shape index (κ2) is 10.3. The highest BCUT2D eigenvalue weighted by Gasteiger charge is 2.17. The number of guanidine groups is 1. The quantitative estimate of drug-likeness (QED) is 0.490. The van der Waals surface area contributed by atoms with Crippen LogP contribution in [0.3, 0.4) is 0 Å². The molecule has 2 rings (SSSR count). The molecule has 4 N–H and O–H groups in total. The average Bonchev–Trinajstić information content (AvgIpc) is 2.65. The number of hydrogen-bond donors (Lipinski definition) is 3. The summed E-state index contributed by atoms with van der Waals surface area (Å²) in [6.07, 6.45) is 0.384. The lowest BCUT2D eigenvalue weighted by atomic mass is 9.98. The van der Waals surface area contributed by atoms with Gasteiger partial charge in [0.15, 0.2) is 5.96 Å². The molecule has 0 saturated carbocycles. The molecule has 0 bridgehead atoms. The van der Waals surface area contributed by atoms with Gasteiger partial charge in [0.1, 0.15) is 11.6 Å². The Kier molecular flexibility index (Phi) is 7.73. The monoisotopic (exact) mass is 374 g/mol. The lowest BCUT2D eigenvalue weighted by Gasteiger charge is -2.17. The van der Waals surface area contributed by atoms with Gasteiger partial charge in [0, 0.05) is 18.7 Å². The topological polar surface area (TPSA) is 79.5 Å². The summed E-state index contributed by atoms with van der Waals surface area (Å²) in [5.74, 6) is -1.14. The summed E-state index contributed by atoms with van der Waals surface area (Å²) in [5, 5.41) is 6.12. The van der Waals surface area contributed by atoms with Gasteiger partial charge in [-0.3, -0.25) is 4.79 Å². The third-order valence-corrected chi connectivity index (χ3v) is 4.02. The first kappa shape index (κ1) is 20.4. The van der Waals surface area contributed by atoms with Crippen LogP contribution in [0.1, 0.15) is 18.1 Å². The normalized spacial score (nSPS) is 12.5. The Morgan fingerprint density at radius 2 is 1.81 bits per heavy atom. The summed E-state index contributed by atoms with van der Waals surface area (Å²) in [7, 11) is 0. The Balaban J connectivity index is 2.00. The first-order chi connectivity index (χ1) is 13.0. The van der Waals surface area contributed by atoms with Gasteiger partial charge in [0.2, 0.25) is 5.91 Å². The molecule has 0 aliphatic carbocycles. The number of amides is 1. The van der Waals surface area contributed by atoms with E-state index in [1.807, 2.05) is 6.92 Å². The Morgan fingerprint density at radius 3 is 2.44 bits per heavy atom. The molecule has 7 heteroatoms. The van der Waals surface area contributed by atoms with Crippen LogP contribution in [0.15, 0.2) is 53.5 Å². The van der Waals surface area contributed by atoms with Gasteiger partial charge in [0.05, 0.1) is 12.5 Å². The zero-order chi connectivity index (χ0) is 19.6. The number of rotatable bonds is 8. The molecule has 0 fully saturated rings. The van der Waals surface area contributed by atoms with Crippen LogP contribution >= 0.6 is 0 Å². The summed E-state index contributed by atoms with van der Waals surface area (Å²) in [6, 6.07) is 12.4. The fourth-order valence-corrected chi connectivity index (χ4v) is 2.53. The number of primary amides is 1. The van der Waals surface area contributed by atoms with E-state index in [0.717, 1.165) is 5.56 Å². The molecule has 0 spiro atoms. The Labute approximate surface area is 157 Å². The number of halogens is 2. The summed E-state index contributed by atoms with van der Waals surface area (Å²) < 4.78 is 26.7. The molecule has 144 valence electrons. The van der Waals surface area contributed by atoms with Crippen molar-refractivity contribution >= 4 is 11.9 Å². The molecule has 0 radical (unpaired) electrons. The van der Waals surface area contributed by atoms with Gasteiger partial charge in [-0.2, -0.15) is 0 Å². The molecule has 27 heavy (non-hydrogen) atoms. The van der Waals surface area contributed by atoms with E-state index in [1.165, 1.54) is 18.2 Å². The van der Waals surface area contributed by atoms with Crippen LogP contribution < -0.4 is 16.4 Å². The van der Waals surface area contributed by atoms with Gasteiger partial charge in [-0.25, -0.2) is 13.8 Å². The fraction of sp³-hybridized carbons (Fsp3) is 0.300. The zero-order valence-corrected chi connectivity index (χ0v) is 15.2. The second-order valence-electron chi connectivity index (χ2n) is 6.10. The number of nitrogens with zero attached hydrogens (tertiary/aromatic N) is 1. The van der Waals surface area contributed by atoms with Crippen molar-refractivity contribution < 1.29 is 13.6 Å². The van der Waals surface area contributed by atoms with Crippen molar-refractivity contribution in [2.24, 2.45) is 16.6 Å². The molecule has 5 nitrogen and oxygen atoms in total. The highest BCUT2D eigenvalue weighted by Crippen LogP contribution is 2.10. The van der Waals surface area contributed by atoms with E-state index in [-0.39, 0.29) is 24.7 Å². The highest BCUT2D eigenvalue weighted by atomic mass is 19.1. The molecule has 1 amide bonds. The molecule has 0 aliphatic rings. The first-order valence-corrected chi connectivity index (χ1v) is 8.79. The summed E-state index contributed by atoms with van der Waals surface area (Å²) in [5.41, 5.74) is 6.79. The van der Waals surface area contributed by atoms with E-state index in [1.54, 1.807) is 30.3 Å². The lowest BCUT2D eigenvalue weighted by molar-refractivity contribution is -0.121. The number of aliphatic imine (C=N–C) groups is 1. The van der Waals surface area contributed by atoms with E-state index in [4.69, 9.17) is 5.73 Å². The first-order valence-electron chi connectivity index (χ1n) is 8.79. The van der Waals surface area contributed by atoms with Crippen LogP contribution in [0.5, 0.6) is 0 Å². The number of carbonyl (C=O) groups is 1. The van der Waals surface area contributed by atoms with Crippen molar-refractivity contribution in [2.75, 3.05) is 13.1 Å². The molecule has 1 atom stereocenters. The maximum Gasteiger partial charge on any atom is 0.222 e. The van der Waals surface area contributed by atoms with Gasteiger partial charge < -0.3 is 16.4 Å². The van der Waals surface area contributed by atoms with E-state index in [2.05, 4.69) is 15.6 Å². The summed E-state index contributed by atoms with van der Waals surface area (Å²) in [4.78, 5) is 16.1. The van der Waals surface area contributed by atoms with Crippen molar-refractivity contribution in [1.29, 1.82) is 0 Å². The molecule has 1 unspecified atom stereocenters. The van der Waals surface area contributed by atoms with Crippen LogP contribution in [0.25, 0.3) is 0 Å². The lowest BCUT2D eigenvalue weighted by Crippen LogP contribution is -2.43. The molecule has 2 aromatic rings. The Hall–Kier alpha value is -2.96. The van der Waals surface area contributed by atoms with Gasteiger partial charge >= 0.3 is 0 Å². The fourth-order valence-electron chi connectivity index (χ4n) is 2.53. The Morgan fingerprint density at radius 1 is 1.11 bits per heavy atom. The maximum atomic E-state index is 13.7. The Bertz CT molecular complexity index is 778. The third kappa shape index (κ3) is 6.69. The van der Waals surface area contributed by atoms with Crippen LogP contribution in [0, 0.1) is 17.6 Å². The predicted octanol–water partition coefficient (Wildman–Crippen LogP) is 2.36. The van der Waals surface area contributed by atoms with Crippen molar-refractivity contribution in [3.8, 4) is 0 Å². The minimum atomic E-state index is -0.493. The van der Waals surface area contributed by atoms with E-state index >= 15 is 0 Å². The van der Waals surface area contributed by atoms with Crippen LogP contribution in [0.2, 0.25) is 0 Å². The van der Waals surface area contributed by atoms with Crippen LogP contribution in [-0.4, -0.2) is 25.0 Å². The molecule has 0 saturated heterocycles. The van der Waals surface area contributed by atoms with Crippen molar-refractivity contribution in [2.45, 2.75) is 19.9 Å². The molecular formula is C20H24F2N4O. The van der Waals surface area contributed by atoms with E-state index < -0.39 is 11.8 Å². The molecule has 0 aromatic heterocycles. The third-order valence-electron chi connectivity index (χ3n) is 4.02. The number of nitrogens with one attached hydrogen (secondary N) is 2. The van der Waals surface area contributed by atoms with Gasteiger partial charge in [0.25, 0.3) is 0 Å². The van der Waals surface area contributed by atoms with Gasteiger partial charge in [-0.1, -0.05) is 30.3 Å². The number of nitrogens with two attached hydrogens (primary N) is 1. The van der Waals surface area contributed by atoms with Crippen molar-refractivity contribution in [3.05, 3.63) is 71.3 Å². The number of benzene rings is 2. The summed E-state index contributed by atoms with van der Waals surface area (Å²) >= 11 is 0. The summed E-state index contributed by atoms with van der Waals surface area (Å²) in [6.45, 7) is 2.95. The van der Waals surface area contributed by atoms with E-state index in [9.17, 15) is 13.6 Å². The van der Waals surface area contributed by atoms with Crippen LogP contribution in [-0.2, 0) is 17.8 Å². The molecule has 0 aliphatic heterocycles. The van der Waals surface area contributed by atoms with Gasteiger partial charge in [-0.05, 0) is 37.1 Å². The van der Waals surface area contributed by atoms with Crippen molar-refractivity contribution in [1.82, 2.24) is 10.6 Å². The van der Waals surface area contributed by atoms with E-state index in [0.29, 0.717) is 24.5 Å². The second-order valence-corrected chi connectivity index (χ2v) is 6.10. The maximum absolute atomic E-state index is 13.7. The van der Waals surface area contributed by atoms with Crippen molar-refractivity contribution in [3.63, 3.8) is 0 Å². The average molecular weight is 374 g/mol. The minimum Gasteiger partial charge on any atom is -0.369 e. The molecule has 2 aromatic carbocycles. The zero-order valence-electron chi connectivity index (χ0n) is 15.2. The van der Waals surface area contributed by atoms with Crippen LogP contribution in [0.4, 0.5) is 8.78 Å². The largest absolute Gasteiger partial charge is 0.369 e. The molecular weight excluding hydrogens is 350 g/mol. The number of hydrogen-bond acceptors (Lipinski definition) is 2. The van der Waals surface area contributed by atoms with Gasteiger partial charge in [-0.15, -0.1) is 0 Å². The minimum absolute atomic E-state index is 0.168. The highest BCUT2D eigenvalue weighted by molar-refractivity contribution is 5.81. The predicted molar refractivity (Wildman–Crippen MR) is 102 cm³/mol. The molecule has 0 heterocycles.